The molecule has 0 aromatic heterocycles. The Morgan fingerprint density at radius 1 is 0.800 bits per heavy atom. The van der Waals surface area contributed by atoms with Crippen LogP contribution < -0.4 is 10.6 Å². The summed E-state index contributed by atoms with van der Waals surface area (Å²) >= 11 is 0. The van der Waals surface area contributed by atoms with E-state index in [0.717, 1.165) is 18.4 Å². The summed E-state index contributed by atoms with van der Waals surface area (Å²) in [5.41, 5.74) is -13.4. The molecular formula is C22H18F12N2O3S. The van der Waals surface area contributed by atoms with Gasteiger partial charge in [-0.3, -0.25) is 9.00 Å². The molecule has 224 valence electrons. The molecule has 2 rings (SSSR count). The fourth-order valence-electron chi connectivity index (χ4n) is 3.32. The fraction of sp³-hybridized carbons (Fsp3) is 0.409. The standard InChI is InChI=1S/C22H18F12N2O3S/c1-40(39)9-17(37)35-8-11-2-3-15(7-16(11)21(29,30)31)36-10-18(38,22(32,33)34)12-4-13(19(23,24)25)6-14(5-12)20(26,27)28/h2-7,36,38H,8-10H2,1H3,(H,35,37)/t18-,40+/m0/s1. The van der Waals surface area contributed by atoms with Gasteiger partial charge in [0, 0.05) is 29.3 Å². The summed E-state index contributed by atoms with van der Waals surface area (Å²) in [6.07, 6.45) is -21.0. The van der Waals surface area contributed by atoms with Crippen molar-refractivity contribution in [3.63, 3.8) is 0 Å². The quantitative estimate of drug-likeness (QED) is 0.337. The molecule has 5 nitrogen and oxygen atoms in total. The summed E-state index contributed by atoms with van der Waals surface area (Å²) in [6, 6.07) is 0.621. The lowest BCUT2D eigenvalue weighted by Crippen LogP contribution is -2.48. The zero-order valence-corrected chi connectivity index (χ0v) is 20.6. The summed E-state index contributed by atoms with van der Waals surface area (Å²) < 4.78 is 172. The zero-order valence-electron chi connectivity index (χ0n) is 19.8. The van der Waals surface area contributed by atoms with Crippen molar-refractivity contribution in [1.82, 2.24) is 5.32 Å². The van der Waals surface area contributed by atoms with E-state index in [9.17, 15) is 66.8 Å². The Kier molecular flexibility index (Phi) is 9.51. The molecular weight excluding hydrogens is 600 g/mol. The molecule has 2 aromatic carbocycles. The molecule has 2 aromatic rings. The smallest absolute Gasteiger partial charge is 0.381 e. The Morgan fingerprint density at radius 2 is 1.30 bits per heavy atom. The summed E-state index contributed by atoms with van der Waals surface area (Å²) in [7, 11) is -1.61. The molecule has 0 unspecified atom stereocenters. The van der Waals surface area contributed by atoms with Crippen LogP contribution in [0.3, 0.4) is 0 Å². The van der Waals surface area contributed by atoms with Crippen molar-refractivity contribution < 1.29 is 66.8 Å². The van der Waals surface area contributed by atoms with Crippen LogP contribution in [-0.2, 0) is 46.3 Å². The van der Waals surface area contributed by atoms with Crippen molar-refractivity contribution in [2.75, 3.05) is 23.9 Å². The van der Waals surface area contributed by atoms with Gasteiger partial charge in [-0.05, 0) is 41.5 Å². The number of hydrogen-bond donors (Lipinski definition) is 3. The molecule has 1 amide bonds. The normalized spacial score (nSPS) is 15.3. The van der Waals surface area contributed by atoms with Gasteiger partial charge in [0.25, 0.3) is 0 Å². The lowest BCUT2D eigenvalue weighted by molar-refractivity contribution is -0.261. The SMILES string of the molecule is C[S@@](=O)CC(=O)NCc1ccc(NC[C@](O)(c2cc(C(F)(F)F)cc(C(F)(F)F)c2)C(F)(F)F)cc1C(F)(F)F. The number of carbonyl (C=O) groups is 1. The van der Waals surface area contributed by atoms with Gasteiger partial charge >= 0.3 is 24.7 Å². The number of benzene rings is 2. The molecule has 3 N–H and O–H groups in total. The Hall–Kier alpha value is -3.02. The number of aliphatic hydroxyl groups is 1. The zero-order chi connectivity index (χ0) is 30.9. The molecule has 2 atom stereocenters. The minimum Gasteiger partial charge on any atom is -0.381 e. The van der Waals surface area contributed by atoms with Crippen molar-refractivity contribution in [3.8, 4) is 0 Å². The van der Waals surface area contributed by atoms with E-state index in [1.165, 1.54) is 0 Å². The van der Waals surface area contributed by atoms with Crippen LogP contribution >= 0.6 is 0 Å². The van der Waals surface area contributed by atoms with Gasteiger partial charge < -0.3 is 15.7 Å². The molecule has 0 aliphatic heterocycles. The summed E-state index contributed by atoms with van der Waals surface area (Å²) in [6.45, 7) is -2.62. The van der Waals surface area contributed by atoms with E-state index in [-0.39, 0.29) is 18.2 Å². The molecule has 0 radical (unpaired) electrons. The highest BCUT2D eigenvalue weighted by Gasteiger charge is 2.56. The van der Waals surface area contributed by atoms with Crippen LogP contribution in [0, 0.1) is 0 Å². The second-order valence-electron chi connectivity index (χ2n) is 8.37. The molecule has 0 fully saturated rings. The van der Waals surface area contributed by atoms with Gasteiger partial charge in [0.2, 0.25) is 11.5 Å². The highest BCUT2D eigenvalue weighted by atomic mass is 32.2. The van der Waals surface area contributed by atoms with Crippen molar-refractivity contribution in [2.45, 2.75) is 36.9 Å². The monoisotopic (exact) mass is 618 g/mol. The average Bonchev–Trinajstić information content (AvgIpc) is 2.78. The molecule has 18 heteroatoms. The lowest BCUT2D eigenvalue weighted by atomic mass is 9.89. The van der Waals surface area contributed by atoms with Crippen molar-refractivity contribution >= 4 is 22.4 Å². The molecule has 0 bridgehead atoms. The number of halogens is 12. The lowest BCUT2D eigenvalue weighted by Gasteiger charge is -2.32. The van der Waals surface area contributed by atoms with Gasteiger partial charge in [0.1, 0.15) is 5.75 Å². The number of carbonyl (C=O) groups excluding carboxylic acids is 1. The number of amides is 1. The molecule has 0 saturated heterocycles. The highest BCUT2D eigenvalue weighted by molar-refractivity contribution is 7.85. The van der Waals surface area contributed by atoms with Crippen LogP contribution in [0.1, 0.15) is 27.8 Å². The number of hydrogen-bond acceptors (Lipinski definition) is 4. The molecule has 0 heterocycles. The summed E-state index contributed by atoms with van der Waals surface area (Å²) in [5, 5.41) is 14.2. The third-order valence-electron chi connectivity index (χ3n) is 5.31. The second kappa shape index (κ2) is 11.5. The highest BCUT2D eigenvalue weighted by Crippen LogP contribution is 2.44. The first-order valence-electron chi connectivity index (χ1n) is 10.5. The van der Waals surface area contributed by atoms with Crippen LogP contribution in [0.25, 0.3) is 0 Å². The average molecular weight is 618 g/mol. The predicted octanol–water partition coefficient (Wildman–Crippen LogP) is 5.60. The van der Waals surface area contributed by atoms with Crippen molar-refractivity contribution in [1.29, 1.82) is 0 Å². The van der Waals surface area contributed by atoms with E-state index in [1.807, 2.05) is 0 Å². The number of alkyl halides is 12. The molecule has 0 spiro atoms. The van der Waals surface area contributed by atoms with Crippen LogP contribution in [0.15, 0.2) is 36.4 Å². The van der Waals surface area contributed by atoms with Gasteiger partial charge in [0.05, 0.1) is 23.2 Å². The molecule has 0 aliphatic rings. The van der Waals surface area contributed by atoms with Gasteiger partial charge in [-0.1, -0.05) is 6.07 Å². The first-order chi connectivity index (χ1) is 17.9. The van der Waals surface area contributed by atoms with Gasteiger partial charge in [-0.25, -0.2) is 0 Å². The third-order valence-corrected chi connectivity index (χ3v) is 5.98. The maximum absolute atomic E-state index is 13.9. The largest absolute Gasteiger partial charge is 0.423 e. The summed E-state index contributed by atoms with van der Waals surface area (Å²) in [5.74, 6) is -1.39. The number of nitrogens with one attached hydrogen (secondary N) is 2. The molecule has 40 heavy (non-hydrogen) atoms. The van der Waals surface area contributed by atoms with E-state index < -0.39 is 105 Å². The van der Waals surface area contributed by atoms with Gasteiger partial charge in [0.15, 0.2) is 0 Å². The first kappa shape index (κ1) is 33.2. The van der Waals surface area contributed by atoms with Crippen LogP contribution in [0.4, 0.5) is 58.4 Å². The Labute approximate surface area is 220 Å². The molecule has 0 aliphatic carbocycles. The summed E-state index contributed by atoms with van der Waals surface area (Å²) in [4.78, 5) is 11.6. The maximum Gasteiger partial charge on any atom is 0.423 e. The maximum atomic E-state index is 13.9. The van der Waals surface area contributed by atoms with E-state index in [1.54, 1.807) is 5.32 Å². The number of rotatable bonds is 8. The van der Waals surface area contributed by atoms with Gasteiger partial charge in [-0.2, -0.15) is 52.7 Å². The van der Waals surface area contributed by atoms with Crippen molar-refractivity contribution in [3.05, 3.63) is 64.2 Å². The minimum atomic E-state index is -5.90. The second-order valence-corrected chi connectivity index (χ2v) is 9.81. The van der Waals surface area contributed by atoms with E-state index in [4.69, 9.17) is 0 Å². The minimum absolute atomic E-state index is 0.267. The fourth-order valence-corrected chi connectivity index (χ4v) is 3.79. The van der Waals surface area contributed by atoms with Gasteiger partial charge in [-0.15, -0.1) is 0 Å². The molecule has 0 saturated carbocycles. The predicted molar refractivity (Wildman–Crippen MR) is 117 cm³/mol. The van der Waals surface area contributed by atoms with E-state index in [2.05, 4.69) is 5.32 Å². The Bertz CT molecular complexity index is 1220. The topological polar surface area (TPSA) is 78.4 Å². The number of anilines is 1. The van der Waals surface area contributed by atoms with Crippen LogP contribution in [-0.4, -0.2) is 40.0 Å². The Balaban J connectivity index is 2.50. The van der Waals surface area contributed by atoms with Crippen LogP contribution in [0.5, 0.6) is 0 Å². The van der Waals surface area contributed by atoms with Crippen LogP contribution in [0.2, 0.25) is 0 Å². The first-order valence-corrected chi connectivity index (χ1v) is 12.3. The third kappa shape index (κ3) is 8.25. The van der Waals surface area contributed by atoms with E-state index in [0.29, 0.717) is 0 Å². The Morgan fingerprint density at radius 3 is 1.73 bits per heavy atom. The van der Waals surface area contributed by atoms with E-state index >= 15 is 0 Å². The van der Waals surface area contributed by atoms with Crippen molar-refractivity contribution in [2.24, 2.45) is 0 Å².